The maximum Gasteiger partial charge on any atom is 0.174 e. The Kier molecular flexibility index (Phi) is 1.89. The van der Waals surface area contributed by atoms with Crippen molar-refractivity contribution in [3.05, 3.63) is 0 Å². The Labute approximate surface area is 71.7 Å². The predicted octanol–water partition coefficient (Wildman–Crippen LogP) is 0.551. The first kappa shape index (κ1) is 7.46. The van der Waals surface area contributed by atoms with Crippen LogP contribution in [0.3, 0.4) is 0 Å². The zero-order valence-corrected chi connectivity index (χ0v) is 7.19. The monoisotopic (exact) mass is 164 g/mol. The molecule has 2 heterocycles. The third-order valence-corrected chi connectivity index (χ3v) is 1.95. The van der Waals surface area contributed by atoms with Crippen LogP contribution in [0.4, 0.5) is 0 Å². The lowest BCUT2D eigenvalue weighted by molar-refractivity contribution is 0.483. The smallest absolute Gasteiger partial charge is 0.174 e. The number of rotatable bonds is 2. The van der Waals surface area contributed by atoms with Crippen LogP contribution in [0, 0.1) is 0 Å². The predicted molar refractivity (Wildman–Crippen MR) is 50.1 cm³/mol. The fourth-order valence-corrected chi connectivity index (χ4v) is 1.38. The number of nitrogens with zero attached hydrogens (tertiary/aromatic N) is 4. The largest absolute Gasteiger partial charge is 0.357 e. The van der Waals surface area contributed by atoms with Crippen molar-refractivity contribution in [1.29, 1.82) is 0 Å². The Morgan fingerprint density at radius 2 is 2.42 bits per heavy atom. The summed E-state index contributed by atoms with van der Waals surface area (Å²) in [6.07, 6.45) is 3.01. The van der Waals surface area contributed by atoms with Gasteiger partial charge in [-0.1, -0.05) is 6.92 Å². The molecule has 0 saturated heterocycles. The highest BCUT2D eigenvalue weighted by Crippen LogP contribution is 2.04. The number of aliphatic imine (C=N–C) groups is 3. The van der Waals surface area contributed by atoms with Crippen molar-refractivity contribution in [1.82, 2.24) is 4.90 Å². The summed E-state index contributed by atoms with van der Waals surface area (Å²) in [5.41, 5.74) is 1.05. The topological polar surface area (TPSA) is 40.3 Å². The first-order chi connectivity index (χ1) is 5.90. The molecule has 2 rings (SSSR count). The molecule has 64 valence electrons. The molecule has 2 aliphatic rings. The molecule has 0 atom stereocenters. The van der Waals surface area contributed by atoms with E-state index in [4.69, 9.17) is 0 Å². The van der Waals surface area contributed by atoms with Crippen LogP contribution in [-0.2, 0) is 0 Å². The third-order valence-electron chi connectivity index (χ3n) is 1.95. The van der Waals surface area contributed by atoms with Gasteiger partial charge >= 0.3 is 0 Å². The van der Waals surface area contributed by atoms with Gasteiger partial charge in [-0.2, -0.15) is 0 Å². The second-order valence-corrected chi connectivity index (χ2v) is 2.94. The fraction of sp³-hybridized carbons (Fsp3) is 0.625. The van der Waals surface area contributed by atoms with E-state index in [1.807, 2.05) is 6.34 Å². The van der Waals surface area contributed by atoms with E-state index in [1.165, 1.54) is 0 Å². The summed E-state index contributed by atoms with van der Waals surface area (Å²) < 4.78 is 0. The Hall–Kier alpha value is -1.19. The van der Waals surface area contributed by atoms with Crippen molar-refractivity contribution in [2.45, 2.75) is 13.3 Å². The minimum Gasteiger partial charge on any atom is -0.357 e. The van der Waals surface area contributed by atoms with Crippen LogP contribution >= 0.6 is 0 Å². The molecular formula is C8H12N4. The van der Waals surface area contributed by atoms with Crippen molar-refractivity contribution in [2.75, 3.05) is 19.8 Å². The van der Waals surface area contributed by atoms with E-state index in [9.17, 15) is 0 Å². The van der Waals surface area contributed by atoms with E-state index < -0.39 is 0 Å². The highest BCUT2D eigenvalue weighted by Gasteiger charge is 2.18. The molecule has 2 aliphatic heterocycles. The lowest BCUT2D eigenvalue weighted by Gasteiger charge is -2.21. The Morgan fingerprint density at radius 3 is 3.25 bits per heavy atom. The van der Waals surface area contributed by atoms with Crippen LogP contribution in [0.5, 0.6) is 0 Å². The number of amidine groups is 1. The standard InChI is InChI=1S/C8H12N4/c1-2-3-12-4-7-8(11-6-12)10-5-9-7/h6H,2-5H2,1H3. The van der Waals surface area contributed by atoms with E-state index >= 15 is 0 Å². The van der Waals surface area contributed by atoms with Gasteiger partial charge in [0.1, 0.15) is 12.4 Å². The van der Waals surface area contributed by atoms with Crippen molar-refractivity contribution in [3.63, 3.8) is 0 Å². The lowest BCUT2D eigenvalue weighted by atomic mass is 10.3. The van der Waals surface area contributed by atoms with Crippen LogP contribution in [0.25, 0.3) is 0 Å². The fourth-order valence-electron chi connectivity index (χ4n) is 1.38. The van der Waals surface area contributed by atoms with Gasteiger partial charge in [-0.25, -0.2) is 9.98 Å². The molecule has 0 spiro atoms. The SMILES string of the molecule is CCCN1C=NC2=NCN=C2C1. The number of hydrogen-bond donors (Lipinski definition) is 0. The van der Waals surface area contributed by atoms with Crippen LogP contribution < -0.4 is 0 Å². The summed E-state index contributed by atoms with van der Waals surface area (Å²) in [4.78, 5) is 14.8. The molecule has 0 aromatic heterocycles. The van der Waals surface area contributed by atoms with E-state index in [-0.39, 0.29) is 0 Å². The maximum atomic E-state index is 4.25. The molecule has 0 amide bonds. The average molecular weight is 164 g/mol. The summed E-state index contributed by atoms with van der Waals surface area (Å²) in [6.45, 7) is 4.67. The lowest BCUT2D eigenvalue weighted by Crippen LogP contribution is -2.36. The van der Waals surface area contributed by atoms with Gasteiger partial charge in [-0.05, 0) is 6.42 Å². The molecule has 0 fully saturated rings. The summed E-state index contributed by atoms with van der Waals surface area (Å²) >= 11 is 0. The van der Waals surface area contributed by atoms with Crippen molar-refractivity contribution < 1.29 is 0 Å². The van der Waals surface area contributed by atoms with Gasteiger partial charge in [-0.3, -0.25) is 4.99 Å². The molecule has 4 nitrogen and oxygen atoms in total. The van der Waals surface area contributed by atoms with Gasteiger partial charge in [0.05, 0.1) is 12.9 Å². The highest BCUT2D eigenvalue weighted by molar-refractivity contribution is 6.45. The summed E-state index contributed by atoms with van der Waals surface area (Å²) in [5.74, 6) is 0.836. The van der Waals surface area contributed by atoms with Crippen LogP contribution in [0.2, 0.25) is 0 Å². The van der Waals surface area contributed by atoms with Gasteiger partial charge in [0, 0.05) is 6.54 Å². The van der Waals surface area contributed by atoms with Crippen LogP contribution in [0.1, 0.15) is 13.3 Å². The second kappa shape index (κ2) is 3.05. The average Bonchev–Trinajstić information content (AvgIpc) is 2.51. The van der Waals surface area contributed by atoms with Crippen LogP contribution in [-0.4, -0.2) is 42.5 Å². The Bertz CT molecular complexity index is 264. The zero-order chi connectivity index (χ0) is 8.39. The molecule has 0 N–H and O–H groups in total. The quantitative estimate of drug-likeness (QED) is 0.587. The Morgan fingerprint density at radius 1 is 1.50 bits per heavy atom. The van der Waals surface area contributed by atoms with Crippen molar-refractivity contribution >= 4 is 17.9 Å². The number of fused-ring (bicyclic) bond motifs is 1. The summed E-state index contributed by atoms with van der Waals surface area (Å²) in [6, 6.07) is 0. The van der Waals surface area contributed by atoms with E-state index in [0.29, 0.717) is 6.67 Å². The van der Waals surface area contributed by atoms with Crippen molar-refractivity contribution in [2.24, 2.45) is 15.0 Å². The van der Waals surface area contributed by atoms with Crippen LogP contribution in [0.15, 0.2) is 15.0 Å². The van der Waals surface area contributed by atoms with E-state index in [1.54, 1.807) is 0 Å². The molecule has 0 aromatic rings. The van der Waals surface area contributed by atoms with Gasteiger partial charge in [0.15, 0.2) is 5.84 Å². The minimum absolute atomic E-state index is 0.571. The van der Waals surface area contributed by atoms with Crippen molar-refractivity contribution in [3.8, 4) is 0 Å². The second-order valence-electron chi connectivity index (χ2n) is 2.94. The first-order valence-electron chi connectivity index (χ1n) is 4.26. The Balaban J connectivity index is 2.09. The molecule has 0 radical (unpaired) electrons. The highest BCUT2D eigenvalue weighted by atomic mass is 15.2. The molecule has 0 aliphatic carbocycles. The molecular weight excluding hydrogens is 152 g/mol. The summed E-state index contributed by atoms with van der Waals surface area (Å²) in [5, 5.41) is 0. The van der Waals surface area contributed by atoms with Gasteiger partial charge < -0.3 is 4.90 Å². The summed E-state index contributed by atoms with van der Waals surface area (Å²) in [7, 11) is 0. The minimum atomic E-state index is 0.571. The van der Waals surface area contributed by atoms with E-state index in [0.717, 1.165) is 31.1 Å². The molecule has 0 saturated carbocycles. The number of hydrogen-bond acceptors (Lipinski definition) is 4. The zero-order valence-electron chi connectivity index (χ0n) is 7.19. The maximum absolute atomic E-state index is 4.25. The van der Waals surface area contributed by atoms with Gasteiger partial charge in [0.2, 0.25) is 0 Å². The first-order valence-corrected chi connectivity index (χ1v) is 4.26. The third kappa shape index (κ3) is 1.24. The molecule has 12 heavy (non-hydrogen) atoms. The van der Waals surface area contributed by atoms with E-state index in [2.05, 4.69) is 26.8 Å². The molecule has 0 unspecified atom stereocenters. The van der Waals surface area contributed by atoms with Gasteiger partial charge in [0.25, 0.3) is 0 Å². The molecule has 0 aromatic carbocycles. The molecule has 4 heteroatoms. The normalized spacial score (nSPS) is 20.6. The molecule has 0 bridgehead atoms. The van der Waals surface area contributed by atoms with Gasteiger partial charge in [-0.15, -0.1) is 0 Å².